The van der Waals surface area contributed by atoms with Crippen LogP contribution in [0.2, 0.25) is 0 Å². The normalized spacial score (nSPS) is 20.2. The van der Waals surface area contributed by atoms with Crippen molar-refractivity contribution in [2.24, 2.45) is 4.99 Å². The maximum Gasteiger partial charge on any atom is 0.191 e. The fraction of sp³-hybridized carbons (Fsp3) is 0.579. The van der Waals surface area contributed by atoms with E-state index in [2.05, 4.69) is 49.1 Å². The van der Waals surface area contributed by atoms with Gasteiger partial charge in [0.15, 0.2) is 5.96 Å². The van der Waals surface area contributed by atoms with E-state index in [0.717, 1.165) is 23.3 Å². The molecule has 25 heavy (non-hydrogen) atoms. The number of rotatable bonds is 4. The Kier molecular flexibility index (Phi) is 4.61. The minimum absolute atomic E-state index is 0.518. The third-order valence-electron chi connectivity index (χ3n) is 5.34. The maximum atomic E-state index is 4.67. The number of nitrogens with one attached hydrogen (secondary N) is 2. The molecule has 134 valence electrons. The van der Waals surface area contributed by atoms with E-state index in [1.807, 2.05) is 19.2 Å². The quantitative estimate of drug-likeness (QED) is 0.660. The summed E-state index contributed by atoms with van der Waals surface area (Å²) in [5.41, 5.74) is 3.22. The van der Waals surface area contributed by atoms with Gasteiger partial charge in [-0.2, -0.15) is 0 Å². The highest BCUT2D eigenvalue weighted by Crippen LogP contribution is 2.29. The van der Waals surface area contributed by atoms with Gasteiger partial charge in [0.25, 0.3) is 0 Å². The van der Waals surface area contributed by atoms with Gasteiger partial charge in [-0.05, 0) is 44.7 Å². The summed E-state index contributed by atoms with van der Waals surface area (Å²) in [6.07, 6.45) is 7.30. The number of piperidine rings is 1. The van der Waals surface area contributed by atoms with E-state index in [9.17, 15) is 0 Å². The first-order chi connectivity index (χ1) is 12.2. The molecule has 2 aromatic heterocycles. The van der Waals surface area contributed by atoms with Crippen LogP contribution in [0.1, 0.15) is 37.1 Å². The number of aliphatic imine (C=N–C) groups is 1. The van der Waals surface area contributed by atoms with Crippen LogP contribution < -0.4 is 10.6 Å². The molecule has 6 nitrogen and oxygen atoms in total. The number of nitrogens with zero attached hydrogens (tertiary/aromatic N) is 4. The second-order valence-corrected chi connectivity index (χ2v) is 7.24. The van der Waals surface area contributed by atoms with Crippen molar-refractivity contribution >= 4 is 11.6 Å². The summed E-state index contributed by atoms with van der Waals surface area (Å²) >= 11 is 0. The van der Waals surface area contributed by atoms with Crippen molar-refractivity contribution in [3.05, 3.63) is 35.8 Å². The van der Waals surface area contributed by atoms with Crippen LogP contribution in [0.3, 0.4) is 0 Å². The lowest BCUT2D eigenvalue weighted by molar-refractivity contribution is 0.197. The predicted molar refractivity (Wildman–Crippen MR) is 101 cm³/mol. The number of aryl methyl sites for hydroxylation is 1. The van der Waals surface area contributed by atoms with E-state index in [-0.39, 0.29) is 0 Å². The summed E-state index contributed by atoms with van der Waals surface area (Å²) < 4.78 is 2.13. The van der Waals surface area contributed by atoms with Crippen LogP contribution in [0.25, 0.3) is 5.65 Å². The number of likely N-dealkylation sites (tertiary alicyclic amines) is 1. The van der Waals surface area contributed by atoms with Crippen LogP contribution in [0.15, 0.2) is 29.4 Å². The first-order valence-corrected chi connectivity index (χ1v) is 9.38. The number of pyridine rings is 1. The standard InChI is InChI=1S/C19H28N6/c1-14-4-3-5-18-22-16(13-25(14)18)12-21-19(20-2)23-15-8-10-24(11-9-15)17-6-7-17/h3-5,13,15,17H,6-12H2,1-2H3,(H2,20,21,23). The predicted octanol–water partition coefficient (Wildman–Crippen LogP) is 1.93. The molecule has 2 aliphatic rings. The van der Waals surface area contributed by atoms with Gasteiger partial charge in [0.1, 0.15) is 5.65 Å². The highest BCUT2D eigenvalue weighted by molar-refractivity contribution is 5.79. The van der Waals surface area contributed by atoms with E-state index in [1.165, 1.54) is 44.5 Å². The van der Waals surface area contributed by atoms with Gasteiger partial charge >= 0.3 is 0 Å². The van der Waals surface area contributed by atoms with Crippen molar-refractivity contribution < 1.29 is 0 Å². The maximum absolute atomic E-state index is 4.67. The second kappa shape index (κ2) is 7.04. The summed E-state index contributed by atoms with van der Waals surface area (Å²) in [4.78, 5) is 11.7. The first-order valence-electron chi connectivity index (χ1n) is 9.38. The van der Waals surface area contributed by atoms with Gasteiger partial charge in [0.05, 0.1) is 12.2 Å². The van der Waals surface area contributed by atoms with Crippen molar-refractivity contribution in [1.29, 1.82) is 0 Å². The number of aromatic nitrogens is 2. The van der Waals surface area contributed by atoms with E-state index in [4.69, 9.17) is 0 Å². The van der Waals surface area contributed by atoms with Crippen LogP contribution >= 0.6 is 0 Å². The highest BCUT2D eigenvalue weighted by Gasteiger charge is 2.31. The fourth-order valence-electron chi connectivity index (χ4n) is 3.69. The SMILES string of the molecule is CN=C(NCc1cn2c(C)cccc2n1)NC1CCN(C2CC2)CC1. The van der Waals surface area contributed by atoms with Crippen molar-refractivity contribution in [2.45, 2.75) is 51.2 Å². The summed E-state index contributed by atoms with van der Waals surface area (Å²) in [6, 6.07) is 7.59. The number of guanidine groups is 1. The van der Waals surface area contributed by atoms with Crippen molar-refractivity contribution in [2.75, 3.05) is 20.1 Å². The van der Waals surface area contributed by atoms with Gasteiger partial charge in [0, 0.05) is 44.1 Å². The minimum atomic E-state index is 0.518. The molecule has 6 heteroatoms. The van der Waals surface area contributed by atoms with Gasteiger partial charge in [-0.25, -0.2) is 4.98 Å². The van der Waals surface area contributed by atoms with Crippen molar-refractivity contribution in [1.82, 2.24) is 24.9 Å². The molecule has 2 aromatic rings. The molecule has 1 aliphatic carbocycles. The van der Waals surface area contributed by atoms with Crippen LogP contribution in [0.4, 0.5) is 0 Å². The van der Waals surface area contributed by atoms with E-state index >= 15 is 0 Å². The Morgan fingerprint density at radius 2 is 2.04 bits per heavy atom. The Hall–Kier alpha value is -2.08. The molecule has 2 N–H and O–H groups in total. The Bertz CT molecular complexity index is 752. The Labute approximate surface area is 149 Å². The number of hydrogen-bond acceptors (Lipinski definition) is 3. The summed E-state index contributed by atoms with van der Waals surface area (Å²) in [5.74, 6) is 0.874. The topological polar surface area (TPSA) is 57.0 Å². The highest BCUT2D eigenvalue weighted by atomic mass is 15.2. The van der Waals surface area contributed by atoms with Crippen LogP contribution in [-0.4, -0.2) is 52.5 Å². The molecule has 0 atom stereocenters. The largest absolute Gasteiger partial charge is 0.354 e. The number of imidazole rings is 1. The lowest BCUT2D eigenvalue weighted by Gasteiger charge is -2.33. The lowest BCUT2D eigenvalue weighted by Crippen LogP contribution is -2.48. The van der Waals surface area contributed by atoms with Gasteiger partial charge in [-0.15, -0.1) is 0 Å². The van der Waals surface area contributed by atoms with Crippen molar-refractivity contribution in [3.63, 3.8) is 0 Å². The molecule has 0 amide bonds. The Morgan fingerprint density at radius 3 is 2.72 bits per heavy atom. The molecule has 0 bridgehead atoms. The van der Waals surface area contributed by atoms with E-state index in [0.29, 0.717) is 12.6 Å². The molecule has 4 rings (SSSR count). The molecule has 1 saturated heterocycles. The van der Waals surface area contributed by atoms with Gasteiger partial charge in [-0.3, -0.25) is 4.99 Å². The smallest absolute Gasteiger partial charge is 0.191 e. The third kappa shape index (κ3) is 3.79. The van der Waals surface area contributed by atoms with E-state index < -0.39 is 0 Å². The molecular formula is C19H28N6. The van der Waals surface area contributed by atoms with Crippen LogP contribution in [0.5, 0.6) is 0 Å². The average Bonchev–Trinajstić information content (AvgIpc) is 3.39. The van der Waals surface area contributed by atoms with E-state index in [1.54, 1.807) is 0 Å². The minimum Gasteiger partial charge on any atom is -0.354 e. The molecular weight excluding hydrogens is 312 g/mol. The first kappa shape index (κ1) is 16.4. The van der Waals surface area contributed by atoms with Crippen LogP contribution in [0, 0.1) is 6.92 Å². The summed E-state index contributed by atoms with van der Waals surface area (Å²) in [5, 5.41) is 6.99. The number of fused-ring (bicyclic) bond motifs is 1. The van der Waals surface area contributed by atoms with Crippen LogP contribution in [-0.2, 0) is 6.54 Å². The zero-order valence-corrected chi connectivity index (χ0v) is 15.2. The van der Waals surface area contributed by atoms with Crippen molar-refractivity contribution in [3.8, 4) is 0 Å². The molecule has 0 unspecified atom stereocenters. The van der Waals surface area contributed by atoms with Gasteiger partial charge < -0.3 is 19.9 Å². The Morgan fingerprint density at radius 1 is 1.24 bits per heavy atom. The van der Waals surface area contributed by atoms with Gasteiger partial charge in [-0.1, -0.05) is 6.07 Å². The molecule has 0 radical (unpaired) electrons. The molecule has 3 heterocycles. The summed E-state index contributed by atoms with van der Waals surface area (Å²) in [7, 11) is 1.84. The summed E-state index contributed by atoms with van der Waals surface area (Å²) in [6.45, 7) is 5.21. The van der Waals surface area contributed by atoms with Gasteiger partial charge in [0.2, 0.25) is 0 Å². The number of hydrogen-bond donors (Lipinski definition) is 2. The molecule has 0 spiro atoms. The second-order valence-electron chi connectivity index (χ2n) is 7.24. The zero-order valence-electron chi connectivity index (χ0n) is 15.2. The third-order valence-corrected chi connectivity index (χ3v) is 5.34. The lowest BCUT2D eigenvalue weighted by atomic mass is 10.1. The monoisotopic (exact) mass is 340 g/mol. The molecule has 1 saturated carbocycles. The Balaban J connectivity index is 1.30. The average molecular weight is 340 g/mol. The fourth-order valence-corrected chi connectivity index (χ4v) is 3.69. The molecule has 2 fully saturated rings. The molecule has 1 aliphatic heterocycles. The molecule has 0 aromatic carbocycles. The zero-order chi connectivity index (χ0) is 17.2.